The van der Waals surface area contributed by atoms with Gasteiger partial charge in [0.1, 0.15) is 11.5 Å². The van der Waals surface area contributed by atoms with Crippen molar-refractivity contribution in [3.8, 4) is 17.4 Å². The average molecular weight is 358 g/mol. The SMILES string of the molecule is COc1cc(Oc2ncc(Cl)cc2Br)cc(C(N)=O)c1. The Morgan fingerprint density at radius 3 is 2.60 bits per heavy atom. The topological polar surface area (TPSA) is 74.4 Å². The number of aromatic nitrogens is 1. The van der Waals surface area contributed by atoms with Crippen LogP contribution in [0, 0.1) is 0 Å². The summed E-state index contributed by atoms with van der Waals surface area (Å²) in [5.41, 5.74) is 5.54. The van der Waals surface area contributed by atoms with Crippen LogP contribution in [0.2, 0.25) is 5.02 Å². The van der Waals surface area contributed by atoms with Gasteiger partial charge in [0.2, 0.25) is 11.8 Å². The van der Waals surface area contributed by atoms with Crippen LogP contribution in [0.4, 0.5) is 0 Å². The quantitative estimate of drug-likeness (QED) is 0.910. The zero-order valence-corrected chi connectivity index (χ0v) is 12.7. The number of nitrogens with two attached hydrogens (primary N) is 1. The van der Waals surface area contributed by atoms with Crippen LogP contribution in [-0.4, -0.2) is 18.0 Å². The lowest BCUT2D eigenvalue weighted by molar-refractivity contribution is 0.0999. The summed E-state index contributed by atoms with van der Waals surface area (Å²) in [5.74, 6) is 0.588. The van der Waals surface area contributed by atoms with Gasteiger partial charge in [-0.1, -0.05) is 11.6 Å². The zero-order chi connectivity index (χ0) is 14.7. The lowest BCUT2D eigenvalue weighted by atomic mass is 10.2. The van der Waals surface area contributed by atoms with Crippen molar-refractivity contribution in [3.05, 3.63) is 45.5 Å². The van der Waals surface area contributed by atoms with Crippen LogP contribution in [0.1, 0.15) is 10.4 Å². The van der Waals surface area contributed by atoms with Crippen molar-refractivity contribution < 1.29 is 14.3 Å². The molecule has 104 valence electrons. The number of hydrogen-bond acceptors (Lipinski definition) is 4. The smallest absolute Gasteiger partial charge is 0.248 e. The fourth-order valence-electron chi connectivity index (χ4n) is 1.48. The molecule has 0 aliphatic carbocycles. The predicted molar refractivity (Wildman–Crippen MR) is 78.5 cm³/mol. The molecule has 0 aliphatic heterocycles. The number of pyridine rings is 1. The Morgan fingerprint density at radius 1 is 1.30 bits per heavy atom. The Bertz CT molecular complexity index is 664. The third kappa shape index (κ3) is 3.40. The van der Waals surface area contributed by atoms with Crippen molar-refractivity contribution in [2.75, 3.05) is 7.11 Å². The molecule has 1 amide bonds. The van der Waals surface area contributed by atoms with Crippen LogP contribution in [0.5, 0.6) is 17.4 Å². The molecule has 0 saturated carbocycles. The minimum Gasteiger partial charge on any atom is -0.497 e. The number of nitrogens with zero attached hydrogens (tertiary/aromatic N) is 1. The van der Waals surface area contributed by atoms with Crippen molar-refractivity contribution in [2.24, 2.45) is 5.73 Å². The first-order valence-electron chi connectivity index (χ1n) is 5.47. The van der Waals surface area contributed by atoms with E-state index in [1.54, 1.807) is 12.1 Å². The molecule has 20 heavy (non-hydrogen) atoms. The van der Waals surface area contributed by atoms with Crippen molar-refractivity contribution in [1.82, 2.24) is 4.98 Å². The average Bonchev–Trinajstić information content (AvgIpc) is 2.41. The number of rotatable bonds is 4. The van der Waals surface area contributed by atoms with E-state index in [2.05, 4.69) is 20.9 Å². The lowest BCUT2D eigenvalue weighted by Crippen LogP contribution is -2.11. The van der Waals surface area contributed by atoms with E-state index >= 15 is 0 Å². The number of primary amides is 1. The third-order valence-corrected chi connectivity index (χ3v) is 3.16. The van der Waals surface area contributed by atoms with Gasteiger partial charge in [0.25, 0.3) is 0 Å². The Hall–Kier alpha value is -1.79. The van der Waals surface area contributed by atoms with Crippen molar-refractivity contribution in [3.63, 3.8) is 0 Å². The summed E-state index contributed by atoms with van der Waals surface area (Å²) in [6.45, 7) is 0. The number of methoxy groups -OCH3 is 1. The molecule has 0 fully saturated rings. The maximum absolute atomic E-state index is 11.3. The van der Waals surface area contributed by atoms with Crippen LogP contribution in [-0.2, 0) is 0 Å². The predicted octanol–water partition coefficient (Wildman–Crippen LogP) is 3.40. The molecule has 2 N–H and O–H groups in total. The van der Waals surface area contributed by atoms with Crippen LogP contribution < -0.4 is 15.2 Å². The fraction of sp³-hybridized carbons (Fsp3) is 0.0769. The van der Waals surface area contributed by atoms with Crippen LogP contribution in [0.15, 0.2) is 34.9 Å². The summed E-state index contributed by atoms with van der Waals surface area (Å²) >= 11 is 9.10. The van der Waals surface area contributed by atoms with Crippen LogP contribution in [0.3, 0.4) is 0 Å². The fourth-order valence-corrected chi connectivity index (χ4v) is 2.20. The summed E-state index contributed by atoms with van der Waals surface area (Å²) in [6.07, 6.45) is 1.46. The highest BCUT2D eigenvalue weighted by molar-refractivity contribution is 9.10. The van der Waals surface area contributed by atoms with Gasteiger partial charge < -0.3 is 15.2 Å². The maximum Gasteiger partial charge on any atom is 0.248 e. The van der Waals surface area contributed by atoms with E-state index in [0.29, 0.717) is 26.9 Å². The van der Waals surface area contributed by atoms with E-state index in [4.69, 9.17) is 26.8 Å². The summed E-state index contributed by atoms with van der Waals surface area (Å²) in [7, 11) is 1.49. The highest BCUT2D eigenvalue weighted by Gasteiger charge is 2.10. The Kier molecular flexibility index (Phi) is 4.46. The number of halogens is 2. The summed E-state index contributed by atoms with van der Waals surface area (Å²) in [4.78, 5) is 15.3. The molecule has 2 rings (SSSR count). The van der Waals surface area contributed by atoms with E-state index in [0.717, 1.165) is 0 Å². The van der Waals surface area contributed by atoms with E-state index in [-0.39, 0.29) is 5.56 Å². The summed E-state index contributed by atoms with van der Waals surface area (Å²) in [5, 5.41) is 0.479. The van der Waals surface area contributed by atoms with Gasteiger partial charge in [0, 0.05) is 17.8 Å². The standard InChI is InChI=1S/C13H10BrClN2O3/c1-19-9-2-7(12(16)18)3-10(5-9)20-13-11(14)4-8(15)6-17-13/h2-6H,1H3,(H2,16,18). The molecule has 0 radical (unpaired) electrons. The number of hydrogen-bond donors (Lipinski definition) is 1. The van der Waals surface area contributed by atoms with E-state index in [9.17, 15) is 4.79 Å². The minimum absolute atomic E-state index is 0.282. The van der Waals surface area contributed by atoms with Crippen LogP contribution in [0.25, 0.3) is 0 Å². The van der Waals surface area contributed by atoms with Gasteiger partial charge in [0.05, 0.1) is 16.6 Å². The molecule has 0 bridgehead atoms. The first kappa shape index (κ1) is 14.6. The lowest BCUT2D eigenvalue weighted by Gasteiger charge is -2.09. The molecule has 0 atom stereocenters. The second kappa shape index (κ2) is 6.11. The first-order chi connectivity index (χ1) is 9.49. The highest BCUT2D eigenvalue weighted by Crippen LogP contribution is 2.31. The third-order valence-electron chi connectivity index (χ3n) is 2.39. The summed E-state index contributed by atoms with van der Waals surface area (Å²) in [6, 6.07) is 6.31. The molecule has 1 heterocycles. The van der Waals surface area contributed by atoms with E-state index < -0.39 is 5.91 Å². The van der Waals surface area contributed by atoms with Gasteiger partial charge in [-0.3, -0.25) is 4.79 Å². The van der Waals surface area contributed by atoms with Gasteiger partial charge in [-0.2, -0.15) is 0 Å². The van der Waals surface area contributed by atoms with Gasteiger partial charge in [0.15, 0.2) is 0 Å². The Labute approximate surface area is 128 Å². The molecular weight excluding hydrogens is 348 g/mol. The van der Waals surface area contributed by atoms with E-state index in [1.807, 2.05) is 0 Å². The van der Waals surface area contributed by atoms with Gasteiger partial charge in [-0.25, -0.2) is 4.98 Å². The number of ether oxygens (including phenoxy) is 2. The Balaban J connectivity index is 2.37. The van der Waals surface area contributed by atoms with Crippen LogP contribution >= 0.6 is 27.5 Å². The molecule has 5 nitrogen and oxygen atoms in total. The zero-order valence-electron chi connectivity index (χ0n) is 10.4. The number of carbonyl (C=O) groups excluding carboxylic acids is 1. The van der Waals surface area contributed by atoms with Crippen molar-refractivity contribution >= 4 is 33.4 Å². The highest BCUT2D eigenvalue weighted by atomic mass is 79.9. The van der Waals surface area contributed by atoms with E-state index in [1.165, 1.54) is 25.4 Å². The molecule has 0 aliphatic rings. The molecule has 7 heteroatoms. The molecule has 0 spiro atoms. The second-order valence-corrected chi connectivity index (χ2v) is 5.09. The number of carbonyl (C=O) groups is 1. The molecule has 1 aromatic carbocycles. The normalized spacial score (nSPS) is 10.2. The molecule has 1 aromatic heterocycles. The molecule has 0 unspecified atom stereocenters. The van der Waals surface area contributed by atoms with Gasteiger partial charge >= 0.3 is 0 Å². The largest absolute Gasteiger partial charge is 0.497 e. The maximum atomic E-state index is 11.3. The summed E-state index contributed by atoms with van der Waals surface area (Å²) < 4.78 is 11.3. The number of amides is 1. The Morgan fingerprint density at radius 2 is 2.00 bits per heavy atom. The monoisotopic (exact) mass is 356 g/mol. The van der Waals surface area contributed by atoms with Crippen molar-refractivity contribution in [2.45, 2.75) is 0 Å². The van der Waals surface area contributed by atoms with Gasteiger partial charge in [-0.15, -0.1) is 0 Å². The molecule has 0 saturated heterocycles. The molecular formula is C13H10BrClN2O3. The minimum atomic E-state index is -0.572. The number of benzene rings is 1. The molecule has 2 aromatic rings. The first-order valence-corrected chi connectivity index (χ1v) is 6.64. The second-order valence-electron chi connectivity index (χ2n) is 3.80. The van der Waals surface area contributed by atoms with Gasteiger partial charge in [-0.05, 0) is 34.1 Å². The van der Waals surface area contributed by atoms with Crippen molar-refractivity contribution in [1.29, 1.82) is 0 Å².